The van der Waals surface area contributed by atoms with Crippen molar-refractivity contribution in [2.24, 2.45) is 0 Å². The fraction of sp³-hybridized carbons (Fsp3) is 0.308. The van der Waals surface area contributed by atoms with Crippen molar-refractivity contribution in [2.45, 2.75) is 6.42 Å². The summed E-state index contributed by atoms with van der Waals surface area (Å²) in [4.78, 5) is 11.8. The molecule has 0 aliphatic rings. The van der Waals surface area contributed by atoms with Crippen molar-refractivity contribution in [3.8, 4) is 11.8 Å². The van der Waals surface area contributed by atoms with Gasteiger partial charge in [0.25, 0.3) is 0 Å². The van der Waals surface area contributed by atoms with E-state index in [0.717, 1.165) is 17.7 Å². The first-order valence-electron chi connectivity index (χ1n) is 6.03. The van der Waals surface area contributed by atoms with E-state index < -0.39 is 0 Å². The molecule has 2 rings (SSSR count). The zero-order valence-corrected chi connectivity index (χ0v) is 12.0. The molecule has 0 radical (unpaired) electrons. The highest BCUT2D eigenvalue weighted by atomic mass is 35.5. The Labute approximate surface area is 122 Å². The lowest BCUT2D eigenvalue weighted by Gasteiger charge is -2.07. The molecule has 2 aromatic rings. The number of methoxy groups -OCH3 is 2. The standard InChI is InChI=1S/C13H15ClN4O2/c1-19-10-5-3-4-9(8-10)6-7-15-12-16-11(14)17-13(18-12)20-2/h3-5,8H,6-7H2,1-2H3,(H,15,16,17,18). The van der Waals surface area contributed by atoms with Crippen LogP contribution in [0.2, 0.25) is 5.28 Å². The molecule has 0 aliphatic carbocycles. The number of hydrogen-bond acceptors (Lipinski definition) is 6. The summed E-state index contributed by atoms with van der Waals surface area (Å²) in [6.45, 7) is 0.663. The Morgan fingerprint density at radius 2 is 2.00 bits per heavy atom. The van der Waals surface area contributed by atoms with Crippen LogP contribution in [0.15, 0.2) is 24.3 Å². The number of anilines is 1. The minimum absolute atomic E-state index is 0.0979. The Kier molecular flexibility index (Phi) is 4.95. The van der Waals surface area contributed by atoms with E-state index in [1.54, 1.807) is 7.11 Å². The predicted molar refractivity (Wildman–Crippen MR) is 76.6 cm³/mol. The number of ether oxygens (including phenoxy) is 2. The second-order valence-corrected chi connectivity index (χ2v) is 4.28. The third-order valence-corrected chi connectivity index (χ3v) is 2.77. The zero-order chi connectivity index (χ0) is 14.4. The molecule has 0 amide bonds. The third-order valence-electron chi connectivity index (χ3n) is 2.60. The quantitative estimate of drug-likeness (QED) is 0.881. The van der Waals surface area contributed by atoms with Gasteiger partial charge in [0.1, 0.15) is 5.75 Å². The number of aromatic nitrogens is 3. The van der Waals surface area contributed by atoms with Gasteiger partial charge in [-0.1, -0.05) is 12.1 Å². The maximum Gasteiger partial charge on any atom is 0.322 e. The van der Waals surface area contributed by atoms with Gasteiger partial charge in [-0.25, -0.2) is 0 Å². The summed E-state index contributed by atoms with van der Waals surface area (Å²) in [6, 6.07) is 8.08. The van der Waals surface area contributed by atoms with Crippen molar-refractivity contribution in [3.63, 3.8) is 0 Å². The highest BCUT2D eigenvalue weighted by Crippen LogP contribution is 2.14. The van der Waals surface area contributed by atoms with E-state index in [1.165, 1.54) is 7.11 Å². The Hall–Kier alpha value is -2.08. The van der Waals surface area contributed by atoms with Crippen molar-refractivity contribution < 1.29 is 9.47 Å². The second kappa shape index (κ2) is 6.91. The third kappa shape index (κ3) is 3.96. The lowest BCUT2D eigenvalue weighted by molar-refractivity contribution is 0.379. The van der Waals surface area contributed by atoms with Crippen LogP contribution in [0.4, 0.5) is 5.95 Å². The van der Waals surface area contributed by atoms with Crippen molar-refractivity contribution in [1.82, 2.24) is 15.0 Å². The van der Waals surface area contributed by atoms with Crippen LogP contribution in [-0.2, 0) is 6.42 Å². The van der Waals surface area contributed by atoms with Crippen molar-refractivity contribution in [1.29, 1.82) is 0 Å². The van der Waals surface area contributed by atoms with Crippen LogP contribution in [0.3, 0.4) is 0 Å². The summed E-state index contributed by atoms with van der Waals surface area (Å²) in [5.74, 6) is 1.23. The van der Waals surface area contributed by atoms with E-state index in [2.05, 4.69) is 20.3 Å². The molecule has 6 nitrogen and oxygen atoms in total. The molecule has 1 N–H and O–H groups in total. The smallest absolute Gasteiger partial charge is 0.322 e. The Bertz CT molecular complexity index is 580. The number of rotatable bonds is 6. The van der Waals surface area contributed by atoms with E-state index in [4.69, 9.17) is 21.1 Å². The molecule has 0 aliphatic heterocycles. The Balaban J connectivity index is 1.93. The van der Waals surface area contributed by atoms with Crippen LogP contribution in [0.5, 0.6) is 11.8 Å². The van der Waals surface area contributed by atoms with Gasteiger partial charge in [-0.3, -0.25) is 0 Å². The second-order valence-electron chi connectivity index (χ2n) is 3.94. The van der Waals surface area contributed by atoms with Gasteiger partial charge in [0.2, 0.25) is 11.2 Å². The molecule has 0 unspecified atom stereocenters. The predicted octanol–water partition coefficient (Wildman–Crippen LogP) is 2.20. The number of nitrogens with one attached hydrogen (secondary N) is 1. The van der Waals surface area contributed by atoms with Crippen LogP contribution < -0.4 is 14.8 Å². The van der Waals surface area contributed by atoms with Crippen molar-refractivity contribution in [2.75, 3.05) is 26.1 Å². The Morgan fingerprint density at radius 1 is 1.15 bits per heavy atom. The molecule has 0 spiro atoms. The minimum Gasteiger partial charge on any atom is -0.497 e. The molecule has 0 saturated heterocycles. The maximum atomic E-state index is 5.77. The van der Waals surface area contributed by atoms with E-state index in [1.807, 2.05) is 24.3 Å². The van der Waals surface area contributed by atoms with Crippen molar-refractivity contribution in [3.05, 3.63) is 35.1 Å². The summed E-state index contributed by atoms with van der Waals surface area (Å²) in [5.41, 5.74) is 1.16. The molecule has 0 bridgehead atoms. The van der Waals surface area contributed by atoms with Crippen LogP contribution in [0.1, 0.15) is 5.56 Å². The fourth-order valence-corrected chi connectivity index (χ4v) is 1.80. The van der Waals surface area contributed by atoms with Crippen molar-refractivity contribution >= 4 is 17.5 Å². The average molecular weight is 295 g/mol. The molecular formula is C13H15ClN4O2. The van der Waals surface area contributed by atoms with E-state index in [9.17, 15) is 0 Å². The van der Waals surface area contributed by atoms with Crippen LogP contribution in [0.25, 0.3) is 0 Å². The topological polar surface area (TPSA) is 69.2 Å². The monoisotopic (exact) mass is 294 g/mol. The molecule has 1 aromatic heterocycles. The highest BCUT2D eigenvalue weighted by molar-refractivity contribution is 6.28. The first-order valence-corrected chi connectivity index (χ1v) is 6.41. The molecule has 1 heterocycles. The summed E-state index contributed by atoms with van der Waals surface area (Å²) in [7, 11) is 3.13. The molecule has 20 heavy (non-hydrogen) atoms. The minimum atomic E-state index is 0.0979. The molecule has 7 heteroatoms. The van der Waals surface area contributed by atoms with Crippen LogP contribution in [-0.4, -0.2) is 35.7 Å². The number of hydrogen-bond donors (Lipinski definition) is 1. The van der Waals surface area contributed by atoms with Gasteiger partial charge in [0.05, 0.1) is 14.2 Å². The molecule has 106 valence electrons. The summed E-state index contributed by atoms with van der Waals surface area (Å²) in [6.07, 6.45) is 0.808. The summed E-state index contributed by atoms with van der Waals surface area (Å²) in [5, 5.41) is 3.18. The number of halogens is 1. The van der Waals surface area contributed by atoms with Gasteiger partial charge in [-0.15, -0.1) is 0 Å². The van der Waals surface area contributed by atoms with Crippen LogP contribution in [0, 0.1) is 0 Å². The normalized spacial score (nSPS) is 10.2. The largest absolute Gasteiger partial charge is 0.497 e. The lowest BCUT2D eigenvalue weighted by atomic mass is 10.1. The van der Waals surface area contributed by atoms with Gasteiger partial charge in [0.15, 0.2) is 0 Å². The van der Waals surface area contributed by atoms with E-state index in [-0.39, 0.29) is 11.3 Å². The number of benzene rings is 1. The zero-order valence-electron chi connectivity index (χ0n) is 11.3. The lowest BCUT2D eigenvalue weighted by Crippen LogP contribution is -2.09. The van der Waals surface area contributed by atoms with Gasteiger partial charge in [-0.2, -0.15) is 15.0 Å². The van der Waals surface area contributed by atoms with Gasteiger partial charge in [-0.05, 0) is 35.7 Å². The average Bonchev–Trinajstić information content (AvgIpc) is 2.47. The Morgan fingerprint density at radius 3 is 2.75 bits per heavy atom. The fourth-order valence-electron chi connectivity index (χ4n) is 1.65. The van der Waals surface area contributed by atoms with E-state index >= 15 is 0 Å². The van der Waals surface area contributed by atoms with Gasteiger partial charge < -0.3 is 14.8 Å². The van der Waals surface area contributed by atoms with Crippen LogP contribution >= 0.6 is 11.6 Å². The molecular weight excluding hydrogens is 280 g/mol. The highest BCUT2D eigenvalue weighted by Gasteiger charge is 2.04. The number of nitrogens with zero attached hydrogens (tertiary/aromatic N) is 3. The maximum absolute atomic E-state index is 5.77. The molecule has 0 atom stereocenters. The van der Waals surface area contributed by atoms with E-state index in [0.29, 0.717) is 12.5 Å². The molecule has 0 saturated carbocycles. The first-order chi connectivity index (χ1) is 9.71. The summed E-state index contributed by atoms with van der Waals surface area (Å²) >= 11 is 5.77. The van der Waals surface area contributed by atoms with Gasteiger partial charge in [0, 0.05) is 6.54 Å². The molecule has 1 aromatic carbocycles. The molecule has 0 fully saturated rings. The summed E-state index contributed by atoms with van der Waals surface area (Å²) < 4.78 is 10.1. The van der Waals surface area contributed by atoms with Gasteiger partial charge >= 0.3 is 6.01 Å². The first kappa shape index (κ1) is 14.3. The SMILES string of the molecule is COc1cccc(CCNc2nc(Cl)nc(OC)n2)c1.